The summed E-state index contributed by atoms with van der Waals surface area (Å²) in [5.41, 5.74) is 7.45. The van der Waals surface area contributed by atoms with Crippen LogP contribution in [0.1, 0.15) is 45.5 Å². The number of nitrogens with zero attached hydrogens (tertiary/aromatic N) is 2. The molecule has 5 nitrogen and oxygen atoms in total. The third kappa shape index (κ3) is 3.72. The number of benzene rings is 1. The maximum atomic E-state index is 12.1. The fourth-order valence-electron chi connectivity index (χ4n) is 2.98. The molecule has 2 N–H and O–H groups in total. The molecule has 0 saturated heterocycles. The van der Waals surface area contributed by atoms with Crippen molar-refractivity contribution in [3.05, 3.63) is 50.9 Å². The molecule has 0 spiro atoms. The first-order valence-corrected chi connectivity index (χ1v) is 9.12. The monoisotopic (exact) mass is 352 g/mol. The molecule has 1 aromatic heterocycles. The predicted molar refractivity (Wildman–Crippen MR) is 101 cm³/mol. The SMILES string of the molecule is Cc1cccc(/C=N/NC(=O)Nc2sc3c(c2C#N)CCCC3)c1C. The summed E-state index contributed by atoms with van der Waals surface area (Å²) in [5.74, 6) is 0. The number of nitrogens with one attached hydrogen (secondary N) is 2. The van der Waals surface area contributed by atoms with E-state index in [0.29, 0.717) is 10.6 Å². The number of hydrazone groups is 1. The van der Waals surface area contributed by atoms with Crippen molar-refractivity contribution in [1.82, 2.24) is 5.43 Å². The maximum absolute atomic E-state index is 12.1. The molecular formula is C19H20N4OS. The molecule has 2 aromatic rings. The topological polar surface area (TPSA) is 77.3 Å². The van der Waals surface area contributed by atoms with E-state index in [4.69, 9.17) is 0 Å². The van der Waals surface area contributed by atoms with Gasteiger partial charge in [-0.2, -0.15) is 10.4 Å². The minimum atomic E-state index is -0.434. The number of aryl methyl sites for hydroxylation is 2. The van der Waals surface area contributed by atoms with Crippen molar-refractivity contribution in [3.63, 3.8) is 0 Å². The number of carbonyl (C=O) groups excluding carboxylic acids is 1. The van der Waals surface area contributed by atoms with Gasteiger partial charge >= 0.3 is 6.03 Å². The molecule has 0 radical (unpaired) electrons. The van der Waals surface area contributed by atoms with Gasteiger partial charge in [0.1, 0.15) is 11.1 Å². The number of hydrogen-bond acceptors (Lipinski definition) is 4. The number of carbonyl (C=O) groups is 1. The van der Waals surface area contributed by atoms with Gasteiger partial charge in [-0.15, -0.1) is 11.3 Å². The first kappa shape index (κ1) is 17.2. The number of urea groups is 1. The Bertz CT molecular complexity index is 876. The summed E-state index contributed by atoms with van der Waals surface area (Å²) in [6, 6.07) is 7.75. The van der Waals surface area contributed by atoms with Crippen molar-refractivity contribution in [2.75, 3.05) is 5.32 Å². The number of hydrogen-bond donors (Lipinski definition) is 2. The third-order valence-electron chi connectivity index (χ3n) is 4.53. The highest BCUT2D eigenvalue weighted by Crippen LogP contribution is 2.37. The van der Waals surface area contributed by atoms with E-state index in [1.165, 1.54) is 21.8 Å². The summed E-state index contributed by atoms with van der Waals surface area (Å²) in [5, 5.41) is 16.8. The van der Waals surface area contributed by atoms with Crippen molar-refractivity contribution < 1.29 is 4.79 Å². The summed E-state index contributed by atoms with van der Waals surface area (Å²) in [6.07, 6.45) is 5.78. The third-order valence-corrected chi connectivity index (χ3v) is 5.73. The van der Waals surface area contributed by atoms with E-state index >= 15 is 0 Å². The molecule has 1 aromatic carbocycles. The normalized spacial score (nSPS) is 13.3. The molecular weight excluding hydrogens is 332 g/mol. The van der Waals surface area contributed by atoms with Gasteiger partial charge < -0.3 is 0 Å². The minimum Gasteiger partial charge on any atom is -0.297 e. The number of amides is 2. The molecule has 2 amide bonds. The minimum absolute atomic E-state index is 0.434. The molecule has 0 aliphatic heterocycles. The Hall–Kier alpha value is -2.65. The van der Waals surface area contributed by atoms with Crippen LogP contribution in [0.15, 0.2) is 23.3 Å². The van der Waals surface area contributed by atoms with E-state index in [1.807, 2.05) is 32.0 Å². The first-order chi connectivity index (χ1) is 12.1. The van der Waals surface area contributed by atoms with E-state index in [9.17, 15) is 10.1 Å². The molecule has 1 aliphatic carbocycles. The molecule has 3 rings (SSSR count). The molecule has 1 aliphatic rings. The lowest BCUT2D eigenvalue weighted by Crippen LogP contribution is -2.24. The lowest BCUT2D eigenvalue weighted by molar-refractivity contribution is 0.252. The molecule has 0 bridgehead atoms. The van der Waals surface area contributed by atoms with Crippen LogP contribution < -0.4 is 10.7 Å². The van der Waals surface area contributed by atoms with Crippen LogP contribution >= 0.6 is 11.3 Å². The average Bonchev–Trinajstić information content (AvgIpc) is 2.95. The van der Waals surface area contributed by atoms with Crippen LogP contribution in [0, 0.1) is 25.2 Å². The fraction of sp³-hybridized carbons (Fsp3) is 0.316. The van der Waals surface area contributed by atoms with E-state index in [1.54, 1.807) is 6.21 Å². The number of fused-ring (bicyclic) bond motifs is 1. The highest BCUT2D eigenvalue weighted by atomic mass is 32.1. The number of nitriles is 1. The Morgan fingerprint density at radius 1 is 1.32 bits per heavy atom. The molecule has 25 heavy (non-hydrogen) atoms. The summed E-state index contributed by atoms with van der Waals surface area (Å²) in [6.45, 7) is 4.06. The van der Waals surface area contributed by atoms with Gasteiger partial charge in [0.2, 0.25) is 0 Å². The van der Waals surface area contributed by atoms with E-state index in [0.717, 1.165) is 42.4 Å². The van der Waals surface area contributed by atoms with Crippen LogP contribution in [0.4, 0.5) is 9.80 Å². The second kappa shape index (κ2) is 7.49. The summed E-state index contributed by atoms with van der Waals surface area (Å²) < 4.78 is 0. The smallest absolute Gasteiger partial charge is 0.297 e. The zero-order valence-electron chi connectivity index (χ0n) is 14.3. The average molecular weight is 352 g/mol. The zero-order valence-corrected chi connectivity index (χ0v) is 15.2. The van der Waals surface area contributed by atoms with Crippen LogP contribution in [0.3, 0.4) is 0 Å². The first-order valence-electron chi connectivity index (χ1n) is 8.31. The number of anilines is 1. The van der Waals surface area contributed by atoms with Crippen molar-refractivity contribution >= 4 is 28.6 Å². The Labute approximate surface area is 151 Å². The lowest BCUT2D eigenvalue weighted by Gasteiger charge is -2.09. The standard InChI is InChI=1S/C19H20N4OS/c1-12-6-5-7-14(13(12)2)11-21-23-19(24)22-18-16(10-20)15-8-3-4-9-17(15)25-18/h5-7,11H,3-4,8-9H2,1-2H3,(H2,22,23,24)/b21-11+. The number of rotatable bonds is 3. The summed E-state index contributed by atoms with van der Waals surface area (Å²) in [7, 11) is 0. The molecule has 0 atom stereocenters. The molecule has 0 fully saturated rings. The highest BCUT2D eigenvalue weighted by molar-refractivity contribution is 7.16. The largest absolute Gasteiger partial charge is 0.340 e. The molecule has 128 valence electrons. The Morgan fingerprint density at radius 2 is 2.12 bits per heavy atom. The molecule has 1 heterocycles. The Kier molecular flexibility index (Phi) is 5.15. The van der Waals surface area contributed by atoms with Crippen molar-refractivity contribution in [1.29, 1.82) is 5.26 Å². The molecule has 0 saturated carbocycles. The van der Waals surface area contributed by atoms with Gasteiger partial charge in [0.05, 0.1) is 11.8 Å². The van der Waals surface area contributed by atoms with Crippen molar-refractivity contribution in [3.8, 4) is 6.07 Å². The van der Waals surface area contributed by atoms with E-state index < -0.39 is 6.03 Å². The van der Waals surface area contributed by atoms with Crippen molar-refractivity contribution in [2.24, 2.45) is 5.10 Å². The van der Waals surface area contributed by atoms with E-state index in [-0.39, 0.29) is 0 Å². The van der Waals surface area contributed by atoms with Gasteiger partial charge in [0, 0.05) is 4.88 Å². The van der Waals surface area contributed by atoms with Gasteiger partial charge in [0.25, 0.3) is 0 Å². The van der Waals surface area contributed by atoms with Gasteiger partial charge in [-0.1, -0.05) is 18.2 Å². The number of thiophene rings is 1. The van der Waals surface area contributed by atoms with Crippen LogP contribution in [-0.4, -0.2) is 12.2 Å². The van der Waals surface area contributed by atoms with Gasteiger partial charge in [-0.3, -0.25) is 5.32 Å². The fourth-order valence-corrected chi connectivity index (χ4v) is 4.21. The predicted octanol–water partition coefficient (Wildman–Crippen LogP) is 4.27. The quantitative estimate of drug-likeness (QED) is 0.639. The Balaban J connectivity index is 1.67. The highest BCUT2D eigenvalue weighted by Gasteiger charge is 2.21. The second-order valence-corrected chi connectivity index (χ2v) is 7.25. The Morgan fingerprint density at radius 3 is 2.92 bits per heavy atom. The van der Waals surface area contributed by atoms with Crippen LogP contribution in [0.25, 0.3) is 0 Å². The molecule has 6 heteroatoms. The zero-order chi connectivity index (χ0) is 17.8. The van der Waals surface area contributed by atoms with Crippen molar-refractivity contribution in [2.45, 2.75) is 39.5 Å². The maximum Gasteiger partial charge on any atom is 0.340 e. The van der Waals surface area contributed by atoms with Crippen LogP contribution in [0.2, 0.25) is 0 Å². The van der Waals surface area contributed by atoms with Gasteiger partial charge in [0.15, 0.2) is 0 Å². The van der Waals surface area contributed by atoms with Crippen LogP contribution in [-0.2, 0) is 12.8 Å². The summed E-state index contributed by atoms with van der Waals surface area (Å²) >= 11 is 1.50. The molecule has 0 unspecified atom stereocenters. The van der Waals surface area contributed by atoms with Crippen LogP contribution in [0.5, 0.6) is 0 Å². The van der Waals surface area contributed by atoms with Gasteiger partial charge in [-0.05, 0) is 61.8 Å². The second-order valence-electron chi connectivity index (χ2n) is 6.14. The van der Waals surface area contributed by atoms with E-state index in [2.05, 4.69) is 21.9 Å². The van der Waals surface area contributed by atoms with Gasteiger partial charge in [-0.25, -0.2) is 10.2 Å². The summed E-state index contributed by atoms with van der Waals surface area (Å²) in [4.78, 5) is 13.3. The lowest BCUT2D eigenvalue weighted by atomic mass is 9.96.